The molecule has 1 aliphatic heterocycles. The zero-order valence-electron chi connectivity index (χ0n) is 17.6. The van der Waals surface area contributed by atoms with Crippen LogP contribution in [0.1, 0.15) is 53.3 Å². The highest BCUT2D eigenvalue weighted by Crippen LogP contribution is 2.16. The summed E-state index contributed by atoms with van der Waals surface area (Å²) in [5.74, 6) is 0.562. The van der Waals surface area contributed by atoms with Crippen molar-refractivity contribution in [1.29, 1.82) is 0 Å². The van der Waals surface area contributed by atoms with E-state index in [4.69, 9.17) is 9.47 Å². The number of hydrogen-bond acceptors (Lipinski definition) is 4. The molecule has 30 heavy (non-hydrogen) atoms. The maximum absolute atomic E-state index is 12.5. The molecule has 160 valence electrons. The standard InChI is InChI=1S/C24H30N2O4/c1-2-3-4-5-16-30-22-12-8-19(9-13-22)23(27)25-21-10-6-20(7-11-21)24(28)26-14-17-29-18-15-26/h6-13H,2-5,14-18H2,1H3,(H,25,27). The molecule has 6 heteroatoms. The van der Waals surface area contributed by atoms with E-state index in [1.165, 1.54) is 19.3 Å². The third-order valence-electron chi connectivity index (χ3n) is 5.07. The number of morpholine rings is 1. The van der Waals surface area contributed by atoms with Gasteiger partial charge in [-0.25, -0.2) is 0 Å². The summed E-state index contributed by atoms with van der Waals surface area (Å²) >= 11 is 0. The first-order valence-electron chi connectivity index (χ1n) is 10.7. The van der Waals surface area contributed by atoms with Crippen LogP contribution in [-0.2, 0) is 4.74 Å². The fraction of sp³-hybridized carbons (Fsp3) is 0.417. The van der Waals surface area contributed by atoms with Crippen molar-refractivity contribution in [3.05, 3.63) is 59.7 Å². The van der Waals surface area contributed by atoms with Crippen molar-refractivity contribution in [2.75, 3.05) is 38.2 Å². The van der Waals surface area contributed by atoms with Crippen LogP contribution in [0.3, 0.4) is 0 Å². The summed E-state index contributed by atoms with van der Waals surface area (Å²) < 4.78 is 11.0. The number of unbranched alkanes of at least 4 members (excludes halogenated alkanes) is 3. The van der Waals surface area contributed by atoms with Crippen LogP contribution >= 0.6 is 0 Å². The van der Waals surface area contributed by atoms with Crippen LogP contribution in [0.2, 0.25) is 0 Å². The molecule has 0 radical (unpaired) electrons. The Labute approximate surface area is 178 Å². The largest absolute Gasteiger partial charge is 0.494 e. The zero-order valence-corrected chi connectivity index (χ0v) is 17.6. The summed E-state index contributed by atoms with van der Waals surface area (Å²) in [7, 11) is 0. The Morgan fingerprint density at radius 3 is 2.27 bits per heavy atom. The normalized spacial score (nSPS) is 13.7. The third-order valence-corrected chi connectivity index (χ3v) is 5.07. The van der Waals surface area contributed by atoms with Crippen LogP contribution in [-0.4, -0.2) is 49.6 Å². The molecule has 0 unspecified atom stereocenters. The van der Waals surface area contributed by atoms with Gasteiger partial charge in [-0.2, -0.15) is 0 Å². The number of amides is 2. The first kappa shape index (κ1) is 21.8. The van der Waals surface area contributed by atoms with Gasteiger partial charge < -0.3 is 19.7 Å². The van der Waals surface area contributed by atoms with Gasteiger partial charge in [-0.1, -0.05) is 26.2 Å². The van der Waals surface area contributed by atoms with E-state index in [0.29, 0.717) is 49.7 Å². The summed E-state index contributed by atoms with van der Waals surface area (Å²) in [6.07, 6.45) is 4.65. The molecule has 1 heterocycles. The highest BCUT2D eigenvalue weighted by Gasteiger charge is 2.18. The fourth-order valence-electron chi connectivity index (χ4n) is 3.27. The maximum Gasteiger partial charge on any atom is 0.255 e. The molecule has 1 N–H and O–H groups in total. The molecule has 3 rings (SSSR count). The van der Waals surface area contributed by atoms with Crippen molar-refractivity contribution in [1.82, 2.24) is 4.90 Å². The van der Waals surface area contributed by atoms with Gasteiger partial charge in [0.15, 0.2) is 0 Å². The Balaban J connectivity index is 1.49. The predicted octanol–water partition coefficient (Wildman–Crippen LogP) is 4.37. The smallest absolute Gasteiger partial charge is 0.255 e. The molecule has 0 spiro atoms. The topological polar surface area (TPSA) is 67.9 Å². The van der Waals surface area contributed by atoms with Gasteiger partial charge >= 0.3 is 0 Å². The molecule has 2 aromatic rings. The van der Waals surface area contributed by atoms with E-state index in [2.05, 4.69) is 12.2 Å². The summed E-state index contributed by atoms with van der Waals surface area (Å²) in [4.78, 5) is 26.7. The van der Waals surface area contributed by atoms with E-state index >= 15 is 0 Å². The maximum atomic E-state index is 12.5. The molecule has 0 aliphatic carbocycles. The van der Waals surface area contributed by atoms with Crippen molar-refractivity contribution in [2.24, 2.45) is 0 Å². The highest BCUT2D eigenvalue weighted by atomic mass is 16.5. The number of nitrogens with zero attached hydrogens (tertiary/aromatic N) is 1. The van der Waals surface area contributed by atoms with Crippen molar-refractivity contribution in [3.63, 3.8) is 0 Å². The first-order valence-corrected chi connectivity index (χ1v) is 10.7. The monoisotopic (exact) mass is 410 g/mol. The Kier molecular flexibility index (Phi) is 8.27. The molecule has 0 saturated carbocycles. The van der Waals surface area contributed by atoms with Gasteiger partial charge in [0.05, 0.1) is 19.8 Å². The van der Waals surface area contributed by atoms with E-state index in [9.17, 15) is 9.59 Å². The SMILES string of the molecule is CCCCCCOc1ccc(C(=O)Nc2ccc(C(=O)N3CCOCC3)cc2)cc1. The summed E-state index contributed by atoms with van der Waals surface area (Å²) in [5, 5.41) is 2.87. The van der Waals surface area contributed by atoms with Gasteiger partial charge in [0.1, 0.15) is 5.75 Å². The molecule has 0 atom stereocenters. The molecule has 1 saturated heterocycles. The van der Waals surface area contributed by atoms with E-state index in [0.717, 1.165) is 12.2 Å². The Morgan fingerprint density at radius 2 is 1.60 bits per heavy atom. The number of rotatable bonds is 9. The van der Waals surface area contributed by atoms with Gasteiger partial charge in [-0.3, -0.25) is 9.59 Å². The van der Waals surface area contributed by atoms with Gasteiger partial charge in [-0.05, 0) is 55.0 Å². The molecular formula is C24H30N2O4. The fourth-order valence-corrected chi connectivity index (χ4v) is 3.27. The number of carbonyl (C=O) groups excluding carboxylic acids is 2. The molecule has 1 aliphatic rings. The van der Waals surface area contributed by atoms with Crippen LogP contribution < -0.4 is 10.1 Å². The van der Waals surface area contributed by atoms with Crippen LogP contribution in [0, 0.1) is 0 Å². The first-order chi connectivity index (χ1) is 14.7. The summed E-state index contributed by atoms with van der Waals surface area (Å²) in [6.45, 7) is 5.24. The lowest BCUT2D eigenvalue weighted by Crippen LogP contribution is -2.40. The van der Waals surface area contributed by atoms with Crippen LogP contribution in [0.4, 0.5) is 5.69 Å². The van der Waals surface area contributed by atoms with Gasteiger partial charge in [-0.15, -0.1) is 0 Å². The summed E-state index contributed by atoms with van der Waals surface area (Å²) in [6, 6.07) is 14.1. The predicted molar refractivity (Wildman–Crippen MR) is 117 cm³/mol. The highest BCUT2D eigenvalue weighted by molar-refractivity contribution is 6.04. The molecule has 1 fully saturated rings. The van der Waals surface area contributed by atoms with Gasteiger partial charge in [0.2, 0.25) is 0 Å². The van der Waals surface area contributed by atoms with E-state index in [1.54, 1.807) is 41.3 Å². The third kappa shape index (κ3) is 6.32. The average molecular weight is 411 g/mol. The Hall–Kier alpha value is -2.86. The van der Waals surface area contributed by atoms with Gasteiger partial charge in [0, 0.05) is 29.9 Å². The Morgan fingerprint density at radius 1 is 0.933 bits per heavy atom. The van der Waals surface area contributed by atoms with Crippen LogP contribution in [0.15, 0.2) is 48.5 Å². The number of anilines is 1. The van der Waals surface area contributed by atoms with Crippen molar-refractivity contribution in [3.8, 4) is 5.75 Å². The van der Waals surface area contributed by atoms with E-state index in [-0.39, 0.29) is 11.8 Å². The van der Waals surface area contributed by atoms with E-state index < -0.39 is 0 Å². The minimum atomic E-state index is -0.197. The minimum Gasteiger partial charge on any atom is -0.494 e. The van der Waals surface area contributed by atoms with Crippen LogP contribution in [0.5, 0.6) is 5.75 Å². The number of hydrogen-bond donors (Lipinski definition) is 1. The molecule has 0 bridgehead atoms. The molecule has 2 aromatic carbocycles. The second-order valence-electron chi connectivity index (χ2n) is 7.37. The second kappa shape index (κ2) is 11.4. The molecule has 0 aromatic heterocycles. The zero-order chi connectivity index (χ0) is 21.2. The average Bonchev–Trinajstić information content (AvgIpc) is 2.80. The summed E-state index contributed by atoms with van der Waals surface area (Å²) in [5.41, 5.74) is 1.81. The minimum absolute atomic E-state index is 0.0125. The van der Waals surface area contributed by atoms with Crippen molar-refractivity contribution < 1.29 is 19.1 Å². The number of carbonyl (C=O) groups is 2. The lowest BCUT2D eigenvalue weighted by atomic mass is 10.1. The van der Waals surface area contributed by atoms with Gasteiger partial charge in [0.25, 0.3) is 11.8 Å². The van der Waals surface area contributed by atoms with Crippen molar-refractivity contribution in [2.45, 2.75) is 32.6 Å². The van der Waals surface area contributed by atoms with E-state index in [1.807, 2.05) is 12.1 Å². The lowest BCUT2D eigenvalue weighted by molar-refractivity contribution is 0.0303. The molecule has 6 nitrogen and oxygen atoms in total. The van der Waals surface area contributed by atoms with Crippen LogP contribution in [0.25, 0.3) is 0 Å². The number of ether oxygens (including phenoxy) is 2. The number of nitrogens with one attached hydrogen (secondary N) is 1. The number of benzene rings is 2. The molecule has 2 amide bonds. The molecular weight excluding hydrogens is 380 g/mol. The Bertz CT molecular complexity index is 812. The lowest BCUT2D eigenvalue weighted by Gasteiger charge is -2.26. The van der Waals surface area contributed by atoms with Crippen molar-refractivity contribution >= 4 is 17.5 Å². The second-order valence-corrected chi connectivity index (χ2v) is 7.37. The quantitative estimate of drug-likeness (QED) is 0.624.